The standard InChI is InChI=1S/C19H26F2N2O2/c1-11(2)18-19(10-23(18)3)8-15(16(24)9-19)22-17(25)7-12-4-5-13(20)14(21)6-12/h4-6,11,15-16,18,24H,7-10H2,1-3H3,(H,22,25)/t15-,16-,18?,19?/m1/s1. The zero-order chi connectivity index (χ0) is 18.4. The minimum Gasteiger partial charge on any atom is -0.391 e. The van der Waals surface area contributed by atoms with Gasteiger partial charge >= 0.3 is 0 Å². The van der Waals surface area contributed by atoms with E-state index in [1.54, 1.807) is 0 Å². The van der Waals surface area contributed by atoms with Crippen LogP contribution in [0.1, 0.15) is 32.3 Å². The molecule has 1 amide bonds. The van der Waals surface area contributed by atoms with E-state index in [0.29, 0.717) is 23.9 Å². The molecule has 138 valence electrons. The van der Waals surface area contributed by atoms with E-state index in [9.17, 15) is 18.7 Å². The van der Waals surface area contributed by atoms with Crippen LogP contribution in [0.25, 0.3) is 0 Å². The predicted octanol–water partition coefficient (Wildman–Crippen LogP) is 2.10. The van der Waals surface area contributed by atoms with Gasteiger partial charge in [0.2, 0.25) is 5.91 Å². The maximum atomic E-state index is 13.3. The molecular weight excluding hydrogens is 326 g/mol. The van der Waals surface area contributed by atoms with Crippen LogP contribution in [0.4, 0.5) is 8.78 Å². The topological polar surface area (TPSA) is 52.6 Å². The summed E-state index contributed by atoms with van der Waals surface area (Å²) < 4.78 is 26.2. The number of aliphatic hydroxyl groups is 1. The maximum absolute atomic E-state index is 13.3. The Kier molecular flexibility index (Phi) is 4.86. The van der Waals surface area contributed by atoms with Crippen LogP contribution in [0.2, 0.25) is 0 Å². The molecule has 2 N–H and O–H groups in total. The van der Waals surface area contributed by atoms with Gasteiger partial charge in [0.25, 0.3) is 0 Å². The fourth-order valence-corrected chi connectivity index (χ4v) is 5.09. The number of benzene rings is 1. The van der Waals surface area contributed by atoms with Crippen molar-refractivity contribution in [3.05, 3.63) is 35.4 Å². The van der Waals surface area contributed by atoms with E-state index in [1.807, 2.05) is 0 Å². The minimum atomic E-state index is -0.956. The number of amides is 1. The van der Waals surface area contributed by atoms with Gasteiger partial charge in [-0.1, -0.05) is 19.9 Å². The summed E-state index contributed by atoms with van der Waals surface area (Å²) in [4.78, 5) is 14.6. The highest BCUT2D eigenvalue weighted by molar-refractivity contribution is 5.79. The van der Waals surface area contributed by atoms with Gasteiger partial charge in [-0.05, 0) is 43.5 Å². The first-order valence-electron chi connectivity index (χ1n) is 8.83. The summed E-state index contributed by atoms with van der Waals surface area (Å²) in [5.74, 6) is -1.67. The van der Waals surface area contributed by atoms with Crippen molar-refractivity contribution in [3.63, 3.8) is 0 Å². The molecule has 1 aromatic carbocycles. The SMILES string of the molecule is CC(C)C1N(C)CC12C[C@@H](O)[C@H](NC(=O)Cc1ccc(F)c(F)c1)C2. The lowest BCUT2D eigenvalue weighted by molar-refractivity contribution is -0.121. The molecule has 4 nitrogen and oxygen atoms in total. The highest BCUT2D eigenvalue weighted by Crippen LogP contribution is 2.52. The molecule has 6 heteroatoms. The number of likely N-dealkylation sites (tertiary alicyclic amines) is 1. The number of rotatable bonds is 4. The van der Waals surface area contributed by atoms with Crippen molar-refractivity contribution in [2.75, 3.05) is 13.6 Å². The van der Waals surface area contributed by atoms with E-state index >= 15 is 0 Å². The molecule has 1 saturated heterocycles. The number of aliphatic hydroxyl groups excluding tert-OH is 1. The molecule has 0 aromatic heterocycles. The Morgan fingerprint density at radius 2 is 2.08 bits per heavy atom. The van der Waals surface area contributed by atoms with Crippen molar-refractivity contribution in [2.45, 2.75) is 51.3 Å². The van der Waals surface area contributed by atoms with Gasteiger partial charge in [0.05, 0.1) is 18.6 Å². The van der Waals surface area contributed by atoms with E-state index in [2.05, 4.69) is 31.1 Å². The lowest BCUT2D eigenvalue weighted by Gasteiger charge is -2.57. The van der Waals surface area contributed by atoms with E-state index < -0.39 is 17.7 Å². The van der Waals surface area contributed by atoms with E-state index in [1.165, 1.54) is 6.07 Å². The second kappa shape index (κ2) is 6.65. The second-order valence-electron chi connectivity index (χ2n) is 8.04. The Hall–Kier alpha value is -1.53. The molecule has 1 spiro atoms. The van der Waals surface area contributed by atoms with Crippen molar-refractivity contribution in [3.8, 4) is 0 Å². The highest BCUT2D eigenvalue weighted by Gasteiger charge is 2.58. The zero-order valence-electron chi connectivity index (χ0n) is 14.9. The summed E-state index contributed by atoms with van der Waals surface area (Å²) in [5, 5.41) is 13.3. The van der Waals surface area contributed by atoms with Crippen LogP contribution in [-0.2, 0) is 11.2 Å². The number of hydrogen-bond donors (Lipinski definition) is 2. The normalized spacial score (nSPS) is 32.2. The average Bonchev–Trinajstić information content (AvgIpc) is 2.79. The van der Waals surface area contributed by atoms with Crippen molar-refractivity contribution in [1.29, 1.82) is 0 Å². The third-order valence-corrected chi connectivity index (χ3v) is 5.70. The third-order valence-electron chi connectivity index (χ3n) is 5.70. The van der Waals surface area contributed by atoms with Gasteiger partial charge < -0.3 is 15.3 Å². The van der Waals surface area contributed by atoms with Crippen molar-refractivity contribution >= 4 is 5.91 Å². The molecule has 3 rings (SSSR count). The highest BCUT2D eigenvalue weighted by atomic mass is 19.2. The Morgan fingerprint density at radius 3 is 2.68 bits per heavy atom. The summed E-state index contributed by atoms with van der Waals surface area (Å²) in [5.41, 5.74) is 0.476. The molecule has 2 unspecified atom stereocenters. The smallest absolute Gasteiger partial charge is 0.224 e. The van der Waals surface area contributed by atoms with E-state index in [0.717, 1.165) is 25.1 Å². The number of hydrogen-bond acceptors (Lipinski definition) is 3. The van der Waals surface area contributed by atoms with Crippen molar-refractivity contribution in [1.82, 2.24) is 10.2 Å². The predicted molar refractivity (Wildman–Crippen MR) is 90.9 cm³/mol. The minimum absolute atomic E-state index is 0.0269. The molecule has 25 heavy (non-hydrogen) atoms. The molecule has 4 atom stereocenters. The Balaban J connectivity index is 1.61. The largest absolute Gasteiger partial charge is 0.391 e. The number of carbonyl (C=O) groups is 1. The number of halogens is 2. The third kappa shape index (κ3) is 3.42. The van der Waals surface area contributed by atoms with Crippen LogP contribution < -0.4 is 5.32 Å². The molecule has 2 aliphatic rings. The van der Waals surface area contributed by atoms with E-state index in [-0.39, 0.29) is 23.8 Å². The molecule has 0 bridgehead atoms. The molecule has 2 fully saturated rings. The fourth-order valence-electron chi connectivity index (χ4n) is 5.09. The van der Waals surface area contributed by atoms with Crippen LogP contribution in [0, 0.1) is 23.0 Å². The number of carbonyl (C=O) groups excluding carboxylic acids is 1. The monoisotopic (exact) mass is 352 g/mol. The van der Waals surface area contributed by atoms with Crippen LogP contribution in [0.15, 0.2) is 18.2 Å². The lowest BCUT2D eigenvalue weighted by atomic mass is 9.66. The van der Waals surface area contributed by atoms with Crippen LogP contribution >= 0.6 is 0 Å². The van der Waals surface area contributed by atoms with Gasteiger partial charge in [0.15, 0.2) is 11.6 Å². The van der Waals surface area contributed by atoms with E-state index in [4.69, 9.17) is 0 Å². The first kappa shape index (κ1) is 18.3. The van der Waals surface area contributed by atoms with Crippen molar-refractivity contribution in [2.24, 2.45) is 11.3 Å². The first-order chi connectivity index (χ1) is 11.7. The summed E-state index contributed by atoms with van der Waals surface area (Å²) >= 11 is 0. The van der Waals surface area contributed by atoms with Gasteiger partial charge in [-0.3, -0.25) is 4.79 Å². The second-order valence-corrected chi connectivity index (χ2v) is 8.04. The molecule has 1 aromatic rings. The maximum Gasteiger partial charge on any atom is 0.224 e. The molecule has 1 aliphatic heterocycles. The molecule has 1 aliphatic carbocycles. The molecule has 0 radical (unpaired) electrons. The van der Waals surface area contributed by atoms with Crippen LogP contribution in [0.5, 0.6) is 0 Å². The zero-order valence-corrected chi connectivity index (χ0v) is 14.9. The summed E-state index contributed by atoms with van der Waals surface area (Å²) in [6.07, 6.45) is 0.853. The lowest BCUT2D eigenvalue weighted by Crippen LogP contribution is -2.64. The first-order valence-corrected chi connectivity index (χ1v) is 8.83. The molecular formula is C19H26F2N2O2. The Bertz CT molecular complexity index is 662. The Morgan fingerprint density at radius 1 is 1.36 bits per heavy atom. The van der Waals surface area contributed by atoms with Gasteiger partial charge in [-0.25, -0.2) is 8.78 Å². The summed E-state index contributed by atoms with van der Waals surface area (Å²) in [6, 6.07) is 3.59. The average molecular weight is 352 g/mol. The quantitative estimate of drug-likeness (QED) is 0.873. The van der Waals surface area contributed by atoms with Crippen LogP contribution in [0.3, 0.4) is 0 Å². The van der Waals surface area contributed by atoms with Crippen molar-refractivity contribution < 1.29 is 18.7 Å². The van der Waals surface area contributed by atoms with Gasteiger partial charge in [0.1, 0.15) is 0 Å². The molecule has 1 heterocycles. The Labute approximate surface area is 147 Å². The van der Waals surface area contributed by atoms with Gasteiger partial charge in [-0.15, -0.1) is 0 Å². The number of nitrogens with zero attached hydrogens (tertiary/aromatic N) is 1. The molecule has 1 saturated carbocycles. The summed E-state index contributed by atoms with van der Waals surface area (Å²) in [7, 11) is 2.09. The van der Waals surface area contributed by atoms with Crippen LogP contribution in [-0.4, -0.2) is 47.7 Å². The van der Waals surface area contributed by atoms with Gasteiger partial charge in [-0.2, -0.15) is 0 Å². The fraction of sp³-hybridized carbons (Fsp3) is 0.632. The van der Waals surface area contributed by atoms with Gasteiger partial charge in [0, 0.05) is 18.0 Å². The number of nitrogens with one attached hydrogen (secondary N) is 1. The summed E-state index contributed by atoms with van der Waals surface area (Å²) in [6.45, 7) is 5.30.